The highest BCUT2D eigenvalue weighted by Crippen LogP contribution is 2.32. The minimum absolute atomic E-state index is 0.393. The van der Waals surface area contributed by atoms with Gasteiger partial charge in [-0.25, -0.2) is 4.79 Å². The van der Waals surface area contributed by atoms with Crippen molar-refractivity contribution in [3.63, 3.8) is 0 Å². The van der Waals surface area contributed by atoms with E-state index in [2.05, 4.69) is 11.8 Å². The Bertz CT molecular complexity index is 687. The van der Waals surface area contributed by atoms with Gasteiger partial charge in [0.2, 0.25) is 0 Å². The van der Waals surface area contributed by atoms with Crippen LogP contribution in [0.2, 0.25) is 0 Å². The van der Waals surface area contributed by atoms with E-state index in [0.717, 1.165) is 42.9 Å². The van der Waals surface area contributed by atoms with Crippen molar-refractivity contribution in [3.8, 4) is 11.1 Å². The number of benzene rings is 2. The average molecular weight is 324 g/mol. The highest BCUT2D eigenvalue weighted by Gasteiger charge is 2.27. The number of para-hydroxylation sites is 1. The van der Waals surface area contributed by atoms with Crippen LogP contribution in [0.15, 0.2) is 54.6 Å². The molecule has 3 rings (SSSR count). The molecule has 2 aromatic carbocycles. The van der Waals surface area contributed by atoms with Gasteiger partial charge in [0, 0.05) is 18.7 Å². The van der Waals surface area contributed by atoms with Gasteiger partial charge in [-0.1, -0.05) is 55.5 Å². The van der Waals surface area contributed by atoms with Gasteiger partial charge in [0.25, 0.3) is 0 Å². The molecular weight excluding hydrogens is 300 g/mol. The third kappa shape index (κ3) is 3.60. The first-order valence-corrected chi connectivity index (χ1v) is 8.56. The molecule has 0 radical (unpaired) electrons. The summed E-state index contributed by atoms with van der Waals surface area (Å²) in [6.45, 7) is 5.78. The van der Waals surface area contributed by atoms with Crippen molar-refractivity contribution in [2.24, 2.45) is 5.92 Å². The lowest BCUT2D eigenvalue weighted by molar-refractivity contribution is 0.200. The summed E-state index contributed by atoms with van der Waals surface area (Å²) < 4.78 is 0. The molecule has 1 N–H and O–H groups in total. The number of nitrogens with zero attached hydrogens (tertiary/aromatic N) is 2. The van der Waals surface area contributed by atoms with Gasteiger partial charge in [-0.2, -0.15) is 0 Å². The van der Waals surface area contributed by atoms with E-state index in [4.69, 9.17) is 0 Å². The van der Waals surface area contributed by atoms with E-state index < -0.39 is 6.09 Å². The predicted molar refractivity (Wildman–Crippen MR) is 97.5 cm³/mol. The van der Waals surface area contributed by atoms with Gasteiger partial charge in [-0.15, -0.1) is 0 Å². The number of rotatable bonds is 5. The molecule has 24 heavy (non-hydrogen) atoms. The van der Waals surface area contributed by atoms with E-state index in [-0.39, 0.29) is 0 Å². The molecule has 0 spiro atoms. The zero-order chi connectivity index (χ0) is 16.9. The Balaban J connectivity index is 1.88. The number of hydrogen-bond donors (Lipinski definition) is 1. The molecule has 4 heteroatoms. The first kappa shape index (κ1) is 16.5. The van der Waals surface area contributed by atoms with Crippen LogP contribution in [-0.2, 0) is 0 Å². The Morgan fingerprint density at radius 3 is 2.54 bits per heavy atom. The Kier molecular flexibility index (Phi) is 5.16. The third-order valence-corrected chi connectivity index (χ3v) is 4.77. The second kappa shape index (κ2) is 7.49. The van der Waals surface area contributed by atoms with Crippen LogP contribution < -0.4 is 4.90 Å². The molecule has 0 aromatic heterocycles. The van der Waals surface area contributed by atoms with E-state index in [1.54, 1.807) is 0 Å². The fraction of sp³-hybridized carbons (Fsp3) is 0.350. The summed E-state index contributed by atoms with van der Waals surface area (Å²) in [5.41, 5.74) is 2.78. The summed E-state index contributed by atoms with van der Waals surface area (Å²) in [6, 6.07) is 17.7. The second-order valence-electron chi connectivity index (χ2n) is 6.32. The SMILES string of the molecule is CCN1CC[C@@H](CN(C(=O)O)c2ccccc2-c2ccccc2)C1. The Hall–Kier alpha value is -2.33. The summed E-state index contributed by atoms with van der Waals surface area (Å²) in [4.78, 5) is 15.8. The van der Waals surface area contributed by atoms with Crippen LogP contribution in [0.5, 0.6) is 0 Å². The van der Waals surface area contributed by atoms with E-state index in [1.165, 1.54) is 4.90 Å². The smallest absolute Gasteiger partial charge is 0.411 e. The fourth-order valence-electron chi connectivity index (χ4n) is 3.46. The van der Waals surface area contributed by atoms with Crippen LogP contribution >= 0.6 is 0 Å². The second-order valence-corrected chi connectivity index (χ2v) is 6.32. The van der Waals surface area contributed by atoms with Crippen LogP contribution in [0.3, 0.4) is 0 Å². The van der Waals surface area contributed by atoms with Crippen molar-refractivity contribution in [2.45, 2.75) is 13.3 Å². The zero-order valence-corrected chi connectivity index (χ0v) is 14.1. The van der Waals surface area contributed by atoms with Crippen molar-refractivity contribution in [3.05, 3.63) is 54.6 Å². The summed E-state index contributed by atoms with van der Waals surface area (Å²) >= 11 is 0. The number of carboxylic acid groups (broad SMARTS) is 1. The molecule has 1 aliphatic rings. The number of amides is 1. The van der Waals surface area contributed by atoms with Crippen molar-refractivity contribution in [1.82, 2.24) is 4.90 Å². The molecule has 1 heterocycles. The molecule has 2 aromatic rings. The number of carbonyl (C=O) groups is 1. The van der Waals surface area contributed by atoms with E-state index in [9.17, 15) is 9.90 Å². The van der Waals surface area contributed by atoms with Crippen LogP contribution in [0, 0.1) is 5.92 Å². The van der Waals surface area contributed by atoms with Crippen molar-refractivity contribution < 1.29 is 9.90 Å². The van der Waals surface area contributed by atoms with E-state index >= 15 is 0 Å². The lowest BCUT2D eigenvalue weighted by Crippen LogP contribution is -2.35. The molecule has 1 fully saturated rings. The maximum Gasteiger partial charge on any atom is 0.411 e. The van der Waals surface area contributed by atoms with Crippen LogP contribution in [0.25, 0.3) is 11.1 Å². The Morgan fingerprint density at radius 2 is 1.88 bits per heavy atom. The van der Waals surface area contributed by atoms with Gasteiger partial charge < -0.3 is 10.0 Å². The van der Waals surface area contributed by atoms with Crippen molar-refractivity contribution in [2.75, 3.05) is 31.1 Å². The molecule has 0 unspecified atom stereocenters. The lowest BCUT2D eigenvalue weighted by Gasteiger charge is -2.25. The molecule has 0 saturated carbocycles. The minimum atomic E-state index is -0.881. The highest BCUT2D eigenvalue weighted by molar-refractivity contribution is 5.92. The molecule has 1 aliphatic heterocycles. The number of anilines is 1. The molecular formula is C20H24N2O2. The lowest BCUT2D eigenvalue weighted by atomic mass is 10.0. The van der Waals surface area contributed by atoms with Crippen LogP contribution in [0.4, 0.5) is 10.5 Å². The topological polar surface area (TPSA) is 43.8 Å². The zero-order valence-electron chi connectivity index (χ0n) is 14.1. The summed E-state index contributed by atoms with van der Waals surface area (Å²) in [5, 5.41) is 9.79. The summed E-state index contributed by atoms with van der Waals surface area (Å²) in [5.74, 6) is 0.393. The minimum Gasteiger partial charge on any atom is -0.465 e. The summed E-state index contributed by atoms with van der Waals surface area (Å²) in [6.07, 6.45) is 0.179. The Labute approximate surface area is 143 Å². The average Bonchev–Trinajstić information content (AvgIpc) is 3.08. The van der Waals surface area contributed by atoms with Gasteiger partial charge in [-0.05, 0) is 37.1 Å². The van der Waals surface area contributed by atoms with Crippen LogP contribution in [0.1, 0.15) is 13.3 Å². The predicted octanol–water partition coefficient (Wildman–Crippen LogP) is 4.18. The number of likely N-dealkylation sites (tertiary alicyclic amines) is 1. The van der Waals surface area contributed by atoms with Gasteiger partial charge in [0.15, 0.2) is 0 Å². The molecule has 0 bridgehead atoms. The van der Waals surface area contributed by atoms with Crippen LogP contribution in [-0.4, -0.2) is 42.3 Å². The van der Waals surface area contributed by atoms with Gasteiger partial charge in [-0.3, -0.25) is 4.90 Å². The molecule has 4 nitrogen and oxygen atoms in total. The summed E-state index contributed by atoms with van der Waals surface area (Å²) in [7, 11) is 0. The Morgan fingerprint density at radius 1 is 1.17 bits per heavy atom. The molecule has 1 amide bonds. The normalized spacial score (nSPS) is 17.8. The van der Waals surface area contributed by atoms with Crippen molar-refractivity contribution in [1.29, 1.82) is 0 Å². The standard InChI is InChI=1S/C20H24N2O2/c1-2-21-13-12-16(14-21)15-22(20(23)24)19-11-7-6-10-18(19)17-8-4-3-5-9-17/h3-11,16H,2,12-15H2,1H3,(H,23,24)/t16-/m1/s1. The van der Waals surface area contributed by atoms with E-state index in [1.807, 2.05) is 54.6 Å². The third-order valence-electron chi connectivity index (χ3n) is 4.77. The van der Waals surface area contributed by atoms with Gasteiger partial charge in [0.05, 0.1) is 5.69 Å². The molecule has 1 atom stereocenters. The van der Waals surface area contributed by atoms with Crippen molar-refractivity contribution >= 4 is 11.8 Å². The van der Waals surface area contributed by atoms with Gasteiger partial charge >= 0.3 is 6.09 Å². The monoisotopic (exact) mass is 324 g/mol. The molecule has 1 saturated heterocycles. The molecule has 0 aliphatic carbocycles. The highest BCUT2D eigenvalue weighted by atomic mass is 16.4. The molecule has 126 valence electrons. The first-order valence-electron chi connectivity index (χ1n) is 8.56. The first-order chi connectivity index (χ1) is 11.7. The maximum atomic E-state index is 11.9. The maximum absolute atomic E-state index is 11.9. The van der Waals surface area contributed by atoms with E-state index in [0.29, 0.717) is 12.5 Å². The largest absolute Gasteiger partial charge is 0.465 e. The van der Waals surface area contributed by atoms with Gasteiger partial charge in [0.1, 0.15) is 0 Å². The fourth-order valence-corrected chi connectivity index (χ4v) is 3.46. The quantitative estimate of drug-likeness (QED) is 0.897. The number of hydrogen-bond acceptors (Lipinski definition) is 2.